The van der Waals surface area contributed by atoms with Gasteiger partial charge in [-0.25, -0.2) is 4.85 Å². The first-order valence-electron chi connectivity index (χ1n) is 4.64. The van der Waals surface area contributed by atoms with Crippen LogP contribution in [0.3, 0.4) is 0 Å². The van der Waals surface area contributed by atoms with Crippen LogP contribution >= 0.6 is 23.2 Å². The van der Waals surface area contributed by atoms with Crippen LogP contribution in [0.1, 0.15) is 0 Å². The molecule has 0 aliphatic heterocycles. The van der Waals surface area contributed by atoms with Crippen molar-refractivity contribution < 1.29 is 0 Å². The molecule has 0 saturated heterocycles. The molecule has 0 aliphatic carbocycles. The SMILES string of the molecule is [C-]#[N+]c1c(Cl)cc(Cl)cc1-c1ccccc1. The van der Waals surface area contributed by atoms with E-state index in [0.29, 0.717) is 15.7 Å². The van der Waals surface area contributed by atoms with Gasteiger partial charge in [0.05, 0.1) is 6.57 Å². The molecule has 78 valence electrons. The third-order valence-corrected chi connectivity index (χ3v) is 2.73. The quantitative estimate of drug-likeness (QED) is 0.610. The molecule has 3 heteroatoms. The molecular formula is C13H7Cl2N. The normalized spacial score (nSPS) is 9.81. The smallest absolute Gasteiger partial charge is 0.213 e. The Morgan fingerprint density at radius 2 is 1.69 bits per heavy atom. The lowest BCUT2D eigenvalue weighted by Crippen LogP contribution is -1.79. The molecule has 0 fully saturated rings. The maximum absolute atomic E-state index is 7.14. The Morgan fingerprint density at radius 3 is 2.31 bits per heavy atom. The Hall–Kier alpha value is -1.49. The Labute approximate surface area is 104 Å². The summed E-state index contributed by atoms with van der Waals surface area (Å²) in [5.74, 6) is 0. The Balaban J connectivity index is 2.70. The third kappa shape index (κ3) is 2.04. The van der Waals surface area contributed by atoms with Crippen molar-refractivity contribution in [1.82, 2.24) is 0 Å². The van der Waals surface area contributed by atoms with Crippen molar-refractivity contribution in [2.24, 2.45) is 0 Å². The van der Waals surface area contributed by atoms with E-state index in [4.69, 9.17) is 29.8 Å². The fourth-order valence-electron chi connectivity index (χ4n) is 1.52. The standard InChI is InChI=1S/C13H7Cl2N/c1-16-13-11(7-10(14)8-12(13)15)9-5-3-2-4-6-9/h2-8H. The first-order chi connectivity index (χ1) is 7.72. The topological polar surface area (TPSA) is 4.36 Å². The molecule has 0 aliphatic rings. The van der Waals surface area contributed by atoms with Crippen LogP contribution in [0, 0.1) is 6.57 Å². The average Bonchev–Trinajstić information content (AvgIpc) is 2.29. The van der Waals surface area contributed by atoms with E-state index >= 15 is 0 Å². The van der Waals surface area contributed by atoms with E-state index in [1.54, 1.807) is 12.1 Å². The molecule has 2 rings (SSSR count). The number of hydrogen-bond acceptors (Lipinski definition) is 0. The number of benzene rings is 2. The molecule has 2 aromatic rings. The summed E-state index contributed by atoms with van der Waals surface area (Å²) in [4.78, 5) is 3.45. The third-order valence-electron chi connectivity index (χ3n) is 2.22. The molecule has 0 saturated carbocycles. The van der Waals surface area contributed by atoms with Crippen molar-refractivity contribution in [3.63, 3.8) is 0 Å². The summed E-state index contributed by atoms with van der Waals surface area (Å²) < 4.78 is 0. The largest absolute Gasteiger partial charge is 0.236 e. The molecule has 0 atom stereocenters. The summed E-state index contributed by atoms with van der Waals surface area (Å²) in [6.45, 7) is 7.14. The molecule has 16 heavy (non-hydrogen) atoms. The summed E-state index contributed by atoms with van der Waals surface area (Å²) >= 11 is 11.9. The van der Waals surface area contributed by atoms with Crippen molar-refractivity contribution >= 4 is 28.9 Å². The Kier molecular flexibility index (Phi) is 3.14. The van der Waals surface area contributed by atoms with E-state index < -0.39 is 0 Å². The summed E-state index contributed by atoms with van der Waals surface area (Å²) in [7, 11) is 0. The molecule has 0 aromatic heterocycles. The highest BCUT2D eigenvalue weighted by Crippen LogP contribution is 2.38. The van der Waals surface area contributed by atoms with Crippen LogP contribution in [-0.4, -0.2) is 0 Å². The lowest BCUT2D eigenvalue weighted by molar-refractivity contribution is 1.62. The van der Waals surface area contributed by atoms with E-state index in [1.807, 2.05) is 30.3 Å². The van der Waals surface area contributed by atoms with Crippen LogP contribution in [0.15, 0.2) is 42.5 Å². The van der Waals surface area contributed by atoms with E-state index in [1.165, 1.54) is 0 Å². The summed E-state index contributed by atoms with van der Waals surface area (Å²) in [5.41, 5.74) is 2.16. The van der Waals surface area contributed by atoms with Crippen LogP contribution in [0.4, 0.5) is 5.69 Å². The van der Waals surface area contributed by atoms with E-state index in [-0.39, 0.29) is 0 Å². The second-order valence-electron chi connectivity index (χ2n) is 3.26. The van der Waals surface area contributed by atoms with Gasteiger partial charge in [-0.1, -0.05) is 53.5 Å². The van der Waals surface area contributed by atoms with Gasteiger partial charge < -0.3 is 0 Å². The highest BCUT2D eigenvalue weighted by Gasteiger charge is 2.10. The molecule has 1 nitrogen and oxygen atoms in total. The van der Waals surface area contributed by atoms with Crippen LogP contribution in [0.5, 0.6) is 0 Å². The lowest BCUT2D eigenvalue weighted by atomic mass is 10.0. The van der Waals surface area contributed by atoms with Gasteiger partial charge in [-0.15, -0.1) is 0 Å². The van der Waals surface area contributed by atoms with Crippen molar-refractivity contribution in [2.75, 3.05) is 0 Å². The van der Waals surface area contributed by atoms with E-state index in [0.717, 1.165) is 11.1 Å². The van der Waals surface area contributed by atoms with Crippen molar-refractivity contribution in [3.8, 4) is 11.1 Å². The molecule has 0 bridgehead atoms. The minimum absolute atomic E-state index is 0.390. The lowest BCUT2D eigenvalue weighted by Gasteiger charge is -2.06. The molecular weight excluding hydrogens is 241 g/mol. The number of rotatable bonds is 1. The van der Waals surface area contributed by atoms with Crippen molar-refractivity contribution in [2.45, 2.75) is 0 Å². The fourth-order valence-corrected chi connectivity index (χ4v) is 2.05. The van der Waals surface area contributed by atoms with Gasteiger partial charge >= 0.3 is 0 Å². The minimum atomic E-state index is 0.390. The van der Waals surface area contributed by atoms with Gasteiger partial charge in [0, 0.05) is 10.0 Å². The zero-order valence-corrected chi connectivity index (χ0v) is 9.76. The van der Waals surface area contributed by atoms with Crippen molar-refractivity contribution in [1.29, 1.82) is 0 Å². The second kappa shape index (κ2) is 4.57. The fraction of sp³-hybridized carbons (Fsp3) is 0. The van der Waals surface area contributed by atoms with Crippen molar-refractivity contribution in [3.05, 3.63) is 63.9 Å². The van der Waals surface area contributed by atoms with E-state index in [9.17, 15) is 0 Å². The molecule has 0 radical (unpaired) electrons. The number of halogens is 2. The second-order valence-corrected chi connectivity index (χ2v) is 4.11. The Morgan fingerprint density at radius 1 is 1.00 bits per heavy atom. The van der Waals surface area contributed by atoms with Crippen LogP contribution in [0.25, 0.3) is 16.0 Å². The molecule has 0 heterocycles. The zero-order chi connectivity index (χ0) is 11.5. The maximum atomic E-state index is 7.14. The number of hydrogen-bond donors (Lipinski definition) is 0. The molecule has 0 N–H and O–H groups in total. The first-order valence-corrected chi connectivity index (χ1v) is 5.40. The van der Waals surface area contributed by atoms with Gasteiger partial charge in [-0.2, -0.15) is 0 Å². The predicted octanol–water partition coefficient (Wildman–Crippen LogP) is 5.21. The number of nitrogens with zero attached hydrogens (tertiary/aromatic N) is 1. The van der Waals surface area contributed by atoms with E-state index in [2.05, 4.69) is 4.85 Å². The highest BCUT2D eigenvalue weighted by molar-refractivity contribution is 6.37. The maximum Gasteiger partial charge on any atom is 0.213 e. The van der Waals surface area contributed by atoms with Gasteiger partial charge in [0.2, 0.25) is 5.69 Å². The van der Waals surface area contributed by atoms with Gasteiger partial charge in [0.25, 0.3) is 0 Å². The summed E-state index contributed by atoms with van der Waals surface area (Å²) in [6.07, 6.45) is 0. The zero-order valence-electron chi connectivity index (χ0n) is 8.24. The summed E-state index contributed by atoms with van der Waals surface area (Å²) in [5, 5.41) is 0.928. The molecule has 0 amide bonds. The Bertz CT molecular complexity index is 556. The van der Waals surface area contributed by atoms with Gasteiger partial charge in [0.1, 0.15) is 0 Å². The van der Waals surface area contributed by atoms with Gasteiger partial charge in [-0.3, -0.25) is 0 Å². The van der Waals surface area contributed by atoms with Gasteiger partial charge in [0.15, 0.2) is 0 Å². The molecule has 0 unspecified atom stereocenters. The van der Waals surface area contributed by atoms with Crippen LogP contribution in [0.2, 0.25) is 10.0 Å². The monoisotopic (exact) mass is 247 g/mol. The highest BCUT2D eigenvalue weighted by atomic mass is 35.5. The summed E-state index contributed by atoms with van der Waals surface area (Å²) in [6, 6.07) is 13.0. The predicted molar refractivity (Wildman–Crippen MR) is 68.2 cm³/mol. The van der Waals surface area contributed by atoms with Crippen LogP contribution in [-0.2, 0) is 0 Å². The molecule has 2 aromatic carbocycles. The molecule has 0 spiro atoms. The first kappa shape index (κ1) is 11.0. The van der Waals surface area contributed by atoms with Gasteiger partial charge in [-0.05, 0) is 23.3 Å². The van der Waals surface area contributed by atoms with Crippen LogP contribution < -0.4 is 0 Å². The minimum Gasteiger partial charge on any atom is -0.236 e. The average molecular weight is 248 g/mol.